The second-order valence-corrected chi connectivity index (χ2v) is 8.07. The molecule has 0 aliphatic carbocycles. The van der Waals surface area contributed by atoms with E-state index < -0.39 is 0 Å². The van der Waals surface area contributed by atoms with Crippen LogP contribution in [0.2, 0.25) is 0 Å². The molecule has 2 aromatic carbocycles. The molecule has 0 radical (unpaired) electrons. The van der Waals surface area contributed by atoms with Gasteiger partial charge in [-0.15, -0.1) is 24.0 Å². The van der Waals surface area contributed by atoms with Gasteiger partial charge in [0, 0.05) is 43.9 Å². The van der Waals surface area contributed by atoms with Gasteiger partial charge in [0.05, 0.1) is 11.5 Å². The number of piperidine rings is 1. The van der Waals surface area contributed by atoms with Crippen LogP contribution in [-0.4, -0.2) is 41.0 Å². The minimum absolute atomic E-state index is 0. The predicted molar refractivity (Wildman–Crippen MR) is 136 cm³/mol. The van der Waals surface area contributed by atoms with Gasteiger partial charge in [-0.1, -0.05) is 42.5 Å². The van der Waals surface area contributed by atoms with Gasteiger partial charge in [0.2, 0.25) is 0 Å². The number of guanidine groups is 1. The first-order valence-corrected chi connectivity index (χ1v) is 10.6. The monoisotopic (exact) mass is 537 g/mol. The highest BCUT2D eigenvalue weighted by Crippen LogP contribution is 2.15. The van der Waals surface area contributed by atoms with Gasteiger partial charge in [-0.05, 0) is 37.8 Å². The maximum absolute atomic E-state index is 10.8. The first kappa shape index (κ1) is 25.1. The van der Waals surface area contributed by atoms with Crippen molar-refractivity contribution in [3.8, 4) is 0 Å². The minimum atomic E-state index is -0.384. The van der Waals surface area contributed by atoms with Gasteiger partial charge in [0.25, 0.3) is 5.69 Å². The Hall–Kier alpha value is -2.20. The third kappa shape index (κ3) is 8.45. The SMILES string of the molecule is CC(C)NC(=NCc1ccc([N+](=O)[O-])cc1)NC1CCN(Cc2ccccc2)CC1.I. The Morgan fingerprint density at radius 3 is 2.32 bits per heavy atom. The van der Waals surface area contributed by atoms with E-state index in [-0.39, 0.29) is 40.6 Å². The number of rotatable bonds is 7. The van der Waals surface area contributed by atoms with Crippen molar-refractivity contribution in [1.29, 1.82) is 0 Å². The van der Waals surface area contributed by atoms with E-state index in [2.05, 4.69) is 59.7 Å². The second kappa shape index (κ2) is 12.6. The minimum Gasteiger partial charge on any atom is -0.354 e. The van der Waals surface area contributed by atoms with Crippen molar-refractivity contribution in [2.75, 3.05) is 13.1 Å². The summed E-state index contributed by atoms with van der Waals surface area (Å²) in [4.78, 5) is 17.6. The van der Waals surface area contributed by atoms with Gasteiger partial charge in [0.1, 0.15) is 0 Å². The molecule has 2 N–H and O–H groups in total. The molecule has 0 amide bonds. The zero-order valence-corrected chi connectivity index (χ0v) is 20.5. The highest BCUT2D eigenvalue weighted by Gasteiger charge is 2.20. The zero-order chi connectivity index (χ0) is 21.3. The van der Waals surface area contributed by atoms with Crippen molar-refractivity contribution >= 4 is 35.6 Å². The van der Waals surface area contributed by atoms with E-state index in [9.17, 15) is 10.1 Å². The molecule has 0 unspecified atom stereocenters. The van der Waals surface area contributed by atoms with Crippen LogP contribution in [0.15, 0.2) is 59.6 Å². The summed E-state index contributed by atoms with van der Waals surface area (Å²) in [6.07, 6.45) is 2.15. The van der Waals surface area contributed by atoms with Gasteiger partial charge in [0.15, 0.2) is 5.96 Å². The maximum atomic E-state index is 10.8. The number of non-ortho nitro benzene ring substituents is 1. The Labute approximate surface area is 201 Å². The number of benzene rings is 2. The van der Waals surface area contributed by atoms with E-state index in [4.69, 9.17) is 4.99 Å². The standard InChI is InChI=1S/C23H31N5O2.HI/c1-18(2)25-23(24-16-19-8-10-22(11-9-19)28(29)30)26-21-12-14-27(15-13-21)17-20-6-4-3-5-7-20;/h3-11,18,21H,12-17H2,1-2H3,(H2,24,25,26);1H. The molecule has 31 heavy (non-hydrogen) atoms. The summed E-state index contributed by atoms with van der Waals surface area (Å²) in [6, 6.07) is 17.8. The number of nitrogens with zero attached hydrogens (tertiary/aromatic N) is 3. The Kier molecular flexibility index (Phi) is 10.2. The normalized spacial score (nSPS) is 15.4. The number of aliphatic imine (C=N–C) groups is 1. The van der Waals surface area contributed by atoms with Gasteiger partial charge < -0.3 is 10.6 Å². The molecule has 0 bridgehead atoms. The van der Waals surface area contributed by atoms with Crippen LogP contribution in [0.4, 0.5) is 5.69 Å². The number of nitro benzene ring substituents is 1. The molecule has 1 heterocycles. The van der Waals surface area contributed by atoms with Crippen molar-refractivity contribution in [3.05, 3.63) is 75.8 Å². The zero-order valence-electron chi connectivity index (χ0n) is 18.2. The summed E-state index contributed by atoms with van der Waals surface area (Å²) in [6.45, 7) is 7.77. The lowest BCUT2D eigenvalue weighted by atomic mass is 10.0. The fraction of sp³-hybridized carbons (Fsp3) is 0.435. The number of likely N-dealkylation sites (tertiary alicyclic amines) is 1. The van der Waals surface area contributed by atoms with Gasteiger partial charge in [-0.25, -0.2) is 4.99 Å². The number of nitrogens with one attached hydrogen (secondary N) is 2. The van der Waals surface area contributed by atoms with E-state index in [1.807, 2.05) is 0 Å². The quantitative estimate of drug-likeness (QED) is 0.181. The Bertz CT molecular complexity index is 835. The van der Waals surface area contributed by atoms with Crippen LogP contribution in [0.1, 0.15) is 37.8 Å². The smallest absolute Gasteiger partial charge is 0.269 e. The fourth-order valence-corrected chi connectivity index (χ4v) is 3.57. The van der Waals surface area contributed by atoms with Crippen LogP contribution in [0, 0.1) is 10.1 Å². The Morgan fingerprint density at radius 2 is 1.74 bits per heavy atom. The molecule has 7 nitrogen and oxygen atoms in total. The summed E-state index contributed by atoms with van der Waals surface area (Å²) in [5, 5.41) is 17.8. The van der Waals surface area contributed by atoms with Gasteiger partial charge in [-0.2, -0.15) is 0 Å². The molecule has 0 aromatic heterocycles. The molecule has 1 aliphatic rings. The molecule has 168 valence electrons. The number of halogens is 1. The summed E-state index contributed by atoms with van der Waals surface area (Å²) in [7, 11) is 0. The third-order valence-electron chi connectivity index (χ3n) is 5.17. The van der Waals surface area contributed by atoms with Crippen LogP contribution >= 0.6 is 24.0 Å². The maximum Gasteiger partial charge on any atom is 0.269 e. The van der Waals surface area contributed by atoms with E-state index in [1.54, 1.807) is 12.1 Å². The topological polar surface area (TPSA) is 82.8 Å². The molecule has 0 spiro atoms. The van der Waals surface area contributed by atoms with Crippen LogP contribution in [0.3, 0.4) is 0 Å². The summed E-state index contributed by atoms with van der Waals surface area (Å²) in [5.74, 6) is 0.796. The van der Waals surface area contributed by atoms with E-state index in [1.165, 1.54) is 17.7 Å². The average molecular weight is 537 g/mol. The molecule has 3 rings (SSSR count). The van der Waals surface area contributed by atoms with Crippen LogP contribution < -0.4 is 10.6 Å². The molecule has 1 saturated heterocycles. The molecular weight excluding hydrogens is 505 g/mol. The Balaban J connectivity index is 0.00000341. The highest BCUT2D eigenvalue weighted by molar-refractivity contribution is 14.0. The molecule has 0 atom stereocenters. The molecule has 2 aromatic rings. The predicted octanol–water partition coefficient (Wildman–Crippen LogP) is 4.32. The van der Waals surface area contributed by atoms with E-state index >= 15 is 0 Å². The van der Waals surface area contributed by atoms with Crippen molar-refractivity contribution < 1.29 is 4.92 Å². The fourth-order valence-electron chi connectivity index (χ4n) is 3.57. The lowest BCUT2D eigenvalue weighted by molar-refractivity contribution is -0.384. The Morgan fingerprint density at radius 1 is 1.10 bits per heavy atom. The van der Waals surface area contributed by atoms with Crippen molar-refractivity contribution in [2.45, 2.75) is 51.9 Å². The highest BCUT2D eigenvalue weighted by atomic mass is 127. The lowest BCUT2D eigenvalue weighted by Gasteiger charge is -2.33. The van der Waals surface area contributed by atoms with E-state index in [0.29, 0.717) is 12.6 Å². The number of hydrogen-bond donors (Lipinski definition) is 2. The first-order chi connectivity index (χ1) is 14.5. The second-order valence-electron chi connectivity index (χ2n) is 8.07. The van der Waals surface area contributed by atoms with Crippen molar-refractivity contribution in [1.82, 2.24) is 15.5 Å². The summed E-state index contributed by atoms with van der Waals surface area (Å²) < 4.78 is 0. The van der Waals surface area contributed by atoms with Crippen LogP contribution in [0.5, 0.6) is 0 Å². The molecule has 1 aliphatic heterocycles. The van der Waals surface area contributed by atoms with Gasteiger partial charge in [-0.3, -0.25) is 15.0 Å². The summed E-state index contributed by atoms with van der Waals surface area (Å²) >= 11 is 0. The summed E-state index contributed by atoms with van der Waals surface area (Å²) in [5.41, 5.74) is 2.41. The molecular formula is C23H32IN5O2. The third-order valence-corrected chi connectivity index (χ3v) is 5.17. The average Bonchev–Trinajstić information content (AvgIpc) is 2.74. The molecule has 1 fully saturated rings. The van der Waals surface area contributed by atoms with Gasteiger partial charge >= 0.3 is 0 Å². The van der Waals surface area contributed by atoms with E-state index in [0.717, 1.165) is 44.0 Å². The number of nitro groups is 1. The van der Waals surface area contributed by atoms with Crippen molar-refractivity contribution in [2.24, 2.45) is 4.99 Å². The first-order valence-electron chi connectivity index (χ1n) is 10.6. The van der Waals surface area contributed by atoms with Crippen LogP contribution in [0.25, 0.3) is 0 Å². The molecule has 8 heteroatoms. The largest absolute Gasteiger partial charge is 0.354 e. The van der Waals surface area contributed by atoms with Crippen LogP contribution in [-0.2, 0) is 13.1 Å². The number of hydrogen-bond acceptors (Lipinski definition) is 4. The lowest BCUT2D eigenvalue weighted by Crippen LogP contribution is -2.50. The van der Waals surface area contributed by atoms with Crippen molar-refractivity contribution in [3.63, 3.8) is 0 Å². The molecule has 0 saturated carbocycles.